The van der Waals surface area contributed by atoms with Crippen molar-refractivity contribution in [3.63, 3.8) is 0 Å². The third kappa shape index (κ3) is 7.17. The Balaban J connectivity index is 1.94. The maximum absolute atomic E-state index is 12.9. The molecule has 0 heterocycles. The van der Waals surface area contributed by atoms with Crippen LogP contribution < -0.4 is 20.9 Å². The number of methoxy groups -OCH3 is 1. The van der Waals surface area contributed by atoms with Crippen LogP contribution in [-0.2, 0) is 14.8 Å². The zero-order valence-electron chi connectivity index (χ0n) is 18.8. The molecule has 3 amide bonds. The van der Waals surface area contributed by atoms with Crippen LogP contribution in [0.25, 0.3) is 0 Å². The highest BCUT2D eigenvalue weighted by Gasteiger charge is 2.32. The first-order valence-corrected chi connectivity index (χ1v) is 11.8. The molecule has 0 fully saturated rings. The summed E-state index contributed by atoms with van der Waals surface area (Å²) >= 11 is 0. The second kappa shape index (κ2) is 12.2. The molecule has 2 aromatic rings. The molecule has 33 heavy (non-hydrogen) atoms. The molecule has 180 valence electrons. The molecule has 10 nitrogen and oxygen atoms in total. The molecule has 0 aliphatic heterocycles. The Morgan fingerprint density at radius 3 is 2.30 bits per heavy atom. The molecule has 0 radical (unpaired) electrons. The number of carbonyl (C=O) groups excluding carboxylic acids is 2. The van der Waals surface area contributed by atoms with Crippen LogP contribution in [0.4, 0.5) is 4.79 Å². The Labute approximate surface area is 193 Å². The average molecular weight is 479 g/mol. The number of carbonyl (C=O) groups is 2. The van der Waals surface area contributed by atoms with Gasteiger partial charge >= 0.3 is 6.03 Å². The first kappa shape index (κ1) is 26.1. The van der Waals surface area contributed by atoms with Crippen LogP contribution in [0.1, 0.15) is 31.4 Å². The summed E-state index contributed by atoms with van der Waals surface area (Å²) in [5.41, 5.74) is 2.47. The molecule has 0 bridgehead atoms. The molecule has 0 spiro atoms. The Kier molecular flexibility index (Phi) is 9.64. The van der Waals surface area contributed by atoms with E-state index < -0.39 is 22.0 Å². The predicted octanol–water partition coefficient (Wildman–Crippen LogP) is 2.03. The van der Waals surface area contributed by atoms with Crippen LogP contribution >= 0.6 is 0 Å². The number of hydrogen-bond donors (Lipinski definition) is 4. The summed E-state index contributed by atoms with van der Waals surface area (Å²) in [5.74, 6) is -0.371. The normalized spacial score (nSPS) is 13.1. The number of nitrogens with one attached hydrogen (secondary N) is 3. The highest BCUT2D eigenvalue weighted by Crippen LogP contribution is 2.21. The fourth-order valence-electron chi connectivity index (χ4n) is 3.20. The van der Waals surface area contributed by atoms with Gasteiger partial charge in [0.25, 0.3) is 5.91 Å². The number of likely N-dealkylation sites (N-methyl/N-ethyl adjacent to an activating group) is 1. The number of sulfonamides is 1. The van der Waals surface area contributed by atoms with Gasteiger partial charge in [0.15, 0.2) is 0 Å². The zero-order chi connectivity index (χ0) is 24.4. The lowest BCUT2D eigenvalue weighted by atomic mass is 10.1. The number of hydrogen-bond acceptors (Lipinski definition) is 6. The van der Waals surface area contributed by atoms with Crippen LogP contribution in [-0.4, -0.2) is 56.6 Å². The monoisotopic (exact) mass is 478 g/mol. The first-order valence-electron chi connectivity index (χ1n) is 10.4. The Hall–Kier alpha value is -3.15. The molecule has 0 saturated heterocycles. The van der Waals surface area contributed by atoms with Crippen molar-refractivity contribution in [2.45, 2.75) is 36.7 Å². The maximum atomic E-state index is 12.9. The summed E-state index contributed by atoms with van der Waals surface area (Å²) in [6.45, 7) is 2.06. The van der Waals surface area contributed by atoms with E-state index >= 15 is 0 Å². The largest absolute Gasteiger partial charge is 0.497 e. The molecule has 2 rings (SSSR count). The van der Waals surface area contributed by atoms with E-state index in [-0.39, 0.29) is 29.9 Å². The van der Waals surface area contributed by atoms with Crippen molar-refractivity contribution in [3.05, 3.63) is 60.2 Å². The second-order valence-corrected chi connectivity index (χ2v) is 9.36. The fraction of sp³-hybridized carbons (Fsp3) is 0.364. The van der Waals surface area contributed by atoms with Gasteiger partial charge in [0.1, 0.15) is 11.8 Å². The van der Waals surface area contributed by atoms with Crippen molar-refractivity contribution in [1.82, 2.24) is 20.4 Å². The minimum Gasteiger partial charge on any atom is -0.497 e. The van der Waals surface area contributed by atoms with E-state index in [1.165, 1.54) is 43.9 Å². The zero-order valence-corrected chi connectivity index (χ0v) is 19.6. The lowest BCUT2D eigenvalue weighted by molar-refractivity contribution is -0.133. The number of amides is 3. The van der Waals surface area contributed by atoms with E-state index in [1.807, 2.05) is 37.3 Å². The van der Waals surface area contributed by atoms with E-state index in [9.17, 15) is 18.0 Å². The van der Waals surface area contributed by atoms with Gasteiger partial charge in [-0.25, -0.2) is 18.7 Å². The number of hydroxylamine groups is 1. The predicted molar refractivity (Wildman–Crippen MR) is 122 cm³/mol. The van der Waals surface area contributed by atoms with Gasteiger partial charge in [0.05, 0.1) is 18.0 Å². The first-order chi connectivity index (χ1) is 15.7. The van der Waals surface area contributed by atoms with Gasteiger partial charge in [-0.05, 0) is 49.6 Å². The highest BCUT2D eigenvalue weighted by molar-refractivity contribution is 7.89. The minimum atomic E-state index is -4.01. The van der Waals surface area contributed by atoms with Crippen molar-refractivity contribution >= 4 is 22.0 Å². The number of nitrogens with zero attached hydrogens (tertiary/aromatic N) is 1. The molecule has 11 heteroatoms. The molecule has 1 unspecified atom stereocenters. The van der Waals surface area contributed by atoms with Crippen molar-refractivity contribution in [1.29, 1.82) is 0 Å². The third-order valence-corrected chi connectivity index (χ3v) is 7.06. The summed E-state index contributed by atoms with van der Waals surface area (Å²) in [7, 11) is -1.28. The number of ether oxygens (including phenoxy) is 1. The second-order valence-electron chi connectivity index (χ2n) is 7.36. The molecule has 2 atom stereocenters. The van der Waals surface area contributed by atoms with Gasteiger partial charge in [-0.1, -0.05) is 30.3 Å². The summed E-state index contributed by atoms with van der Waals surface area (Å²) < 4.78 is 31.8. The Morgan fingerprint density at radius 2 is 1.73 bits per heavy atom. The highest BCUT2D eigenvalue weighted by atomic mass is 32.2. The molecular weight excluding hydrogens is 448 g/mol. The van der Waals surface area contributed by atoms with Crippen LogP contribution in [0.15, 0.2) is 59.5 Å². The maximum Gasteiger partial charge on any atom is 0.315 e. The van der Waals surface area contributed by atoms with E-state index in [2.05, 4.69) is 10.6 Å². The van der Waals surface area contributed by atoms with Crippen LogP contribution in [0.2, 0.25) is 0 Å². The molecule has 0 saturated carbocycles. The lowest BCUT2D eigenvalue weighted by Gasteiger charge is -2.26. The van der Waals surface area contributed by atoms with Crippen molar-refractivity contribution in [3.8, 4) is 5.75 Å². The fourth-order valence-corrected chi connectivity index (χ4v) is 4.55. The third-order valence-electron chi connectivity index (χ3n) is 5.18. The van der Waals surface area contributed by atoms with Crippen molar-refractivity contribution in [2.75, 3.05) is 20.7 Å². The lowest BCUT2D eigenvalue weighted by Crippen LogP contribution is -2.47. The van der Waals surface area contributed by atoms with Gasteiger partial charge in [-0.2, -0.15) is 4.31 Å². The Bertz CT molecular complexity index is 1010. The topological polar surface area (TPSA) is 137 Å². The van der Waals surface area contributed by atoms with Crippen LogP contribution in [0.3, 0.4) is 0 Å². The van der Waals surface area contributed by atoms with Gasteiger partial charge in [-0.15, -0.1) is 0 Å². The molecule has 2 aromatic carbocycles. The van der Waals surface area contributed by atoms with Crippen LogP contribution in [0, 0.1) is 0 Å². The van der Waals surface area contributed by atoms with E-state index in [0.717, 1.165) is 9.87 Å². The van der Waals surface area contributed by atoms with E-state index in [0.29, 0.717) is 12.2 Å². The van der Waals surface area contributed by atoms with E-state index in [4.69, 9.17) is 9.94 Å². The number of rotatable bonds is 11. The van der Waals surface area contributed by atoms with E-state index in [1.54, 1.807) is 0 Å². The molecule has 0 aromatic heterocycles. The van der Waals surface area contributed by atoms with Gasteiger partial charge in [-0.3, -0.25) is 10.0 Å². The molecule has 0 aliphatic rings. The van der Waals surface area contributed by atoms with Gasteiger partial charge in [0, 0.05) is 13.6 Å². The Morgan fingerprint density at radius 1 is 1.09 bits per heavy atom. The van der Waals surface area contributed by atoms with Crippen molar-refractivity contribution in [2.24, 2.45) is 0 Å². The summed E-state index contributed by atoms with van der Waals surface area (Å²) in [6.07, 6.45) is 0.375. The summed E-state index contributed by atoms with van der Waals surface area (Å²) in [4.78, 5) is 24.3. The molecular formula is C22H30N4O6S. The quantitative estimate of drug-likeness (QED) is 0.222. The summed E-state index contributed by atoms with van der Waals surface area (Å²) in [6, 6.07) is 13.5. The van der Waals surface area contributed by atoms with Crippen LogP contribution in [0.5, 0.6) is 5.75 Å². The van der Waals surface area contributed by atoms with Gasteiger partial charge < -0.3 is 15.4 Å². The minimum absolute atomic E-state index is 0.0195. The average Bonchev–Trinajstić information content (AvgIpc) is 2.83. The van der Waals surface area contributed by atoms with Gasteiger partial charge in [0.2, 0.25) is 10.0 Å². The SMILES string of the molecule is COc1ccc(S(=O)(=O)N(C)[C@H](CCCNC(=O)NC(C)c2ccccc2)C(=O)NO)cc1. The number of urea groups is 1. The molecule has 4 N–H and O–H groups in total. The smallest absolute Gasteiger partial charge is 0.315 e. The summed E-state index contributed by atoms with van der Waals surface area (Å²) in [5, 5.41) is 14.6. The number of benzene rings is 2. The van der Waals surface area contributed by atoms with Crippen molar-refractivity contribution < 1.29 is 28.0 Å². The standard InChI is InChI=1S/C22H30N4O6S/c1-16(17-8-5-4-6-9-17)24-22(28)23-15-7-10-20(21(27)25-29)26(2)33(30,31)19-13-11-18(32-3)12-14-19/h4-6,8-9,11-14,16,20,29H,7,10,15H2,1-3H3,(H,25,27)(H2,23,24,28)/t16?,20-/m1/s1. The molecule has 0 aliphatic carbocycles.